The van der Waals surface area contributed by atoms with Gasteiger partial charge < -0.3 is 18.8 Å². The Labute approximate surface area is 181 Å². The first kappa shape index (κ1) is 20.2. The van der Waals surface area contributed by atoms with Crippen molar-refractivity contribution < 1.29 is 19.0 Å². The topological polar surface area (TPSA) is 62.1 Å². The lowest BCUT2D eigenvalue weighted by atomic mass is 10.1. The van der Waals surface area contributed by atoms with Crippen molar-refractivity contribution >= 4 is 50.7 Å². The maximum atomic E-state index is 12.7. The summed E-state index contributed by atoms with van der Waals surface area (Å²) in [4.78, 5) is 17.6. The van der Waals surface area contributed by atoms with E-state index in [1.54, 1.807) is 24.3 Å². The summed E-state index contributed by atoms with van der Waals surface area (Å²) in [7, 11) is 0. The molecule has 1 aromatic heterocycles. The monoisotopic (exact) mass is 452 g/mol. The van der Waals surface area contributed by atoms with Crippen LogP contribution in [-0.4, -0.2) is 30.5 Å². The highest BCUT2D eigenvalue weighted by atomic mass is 35.5. The number of amides is 1. The maximum absolute atomic E-state index is 12.7. The first-order chi connectivity index (χ1) is 14.1. The molecule has 0 saturated heterocycles. The molecule has 29 heavy (non-hydrogen) atoms. The van der Waals surface area contributed by atoms with Gasteiger partial charge in [-0.3, -0.25) is 4.79 Å². The van der Waals surface area contributed by atoms with Crippen molar-refractivity contribution in [3.63, 3.8) is 0 Å². The van der Waals surface area contributed by atoms with Crippen molar-refractivity contribution in [1.82, 2.24) is 4.57 Å². The number of halogens is 2. The highest BCUT2D eigenvalue weighted by Crippen LogP contribution is 2.33. The minimum absolute atomic E-state index is 0.151. The minimum Gasteiger partial charge on any atom is -0.454 e. The van der Waals surface area contributed by atoms with Crippen LogP contribution in [0.5, 0.6) is 11.5 Å². The third-order valence-electron chi connectivity index (χ3n) is 4.40. The minimum atomic E-state index is -0.271. The largest absolute Gasteiger partial charge is 0.454 e. The summed E-state index contributed by atoms with van der Waals surface area (Å²) in [5, 5.41) is 1.13. The molecule has 1 aliphatic heterocycles. The van der Waals surface area contributed by atoms with E-state index in [-0.39, 0.29) is 19.1 Å². The molecule has 0 spiro atoms. The number of benzene rings is 2. The summed E-state index contributed by atoms with van der Waals surface area (Å²) in [5.41, 5.74) is 1.57. The average molecular weight is 453 g/mol. The molecular formula is C20H18Cl2N2O4S. The molecular weight excluding hydrogens is 435 g/mol. The Kier molecular flexibility index (Phi) is 6.10. The first-order valence-electron chi connectivity index (χ1n) is 9.08. The number of hydrogen-bond acceptors (Lipinski definition) is 5. The number of carbonyl (C=O) groups excluding carboxylic acids is 1. The second kappa shape index (κ2) is 8.75. The Bertz CT molecular complexity index is 1140. The summed E-state index contributed by atoms with van der Waals surface area (Å²) >= 11 is 14.1. The molecule has 0 saturated carbocycles. The average Bonchev–Trinajstić information content (AvgIpc) is 3.30. The number of fused-ring (bicyclic) bond motifs is 2. The number of nitrogens with zero attached hydrogens (tertiary/aromatic N) is 2. The van der Waals surface area contributed by atoms with Crippen LogP contribution < -0.4 is 14.3 Å². The molecule has 3 aromatic rings. The molecule has 0 atom stereocenters. The van der Waals surface area contributed by atoms with Crippen LogP contribution in [0.25, 0.3) is 10.2 Å². The lowest BCUT2D eigenvalue weighted by Crippen LogP contribution is -2.20. The highest BCUT2D eigenvalue weighted by Gasteiger charge is 2.16. The van der Waals surface area contributed by atoms with Crippen LogP contribution in [0.4, 0.5) is 0 Å². The van der Waals surface area contributed by atoms with Crippen LogP contribution in [0.1, 0.15) is 12.5 Å². The van der Waals surface area contributed by atoms with Crippen molar-refractivity contribution in [1.29, 1.82) is 0 Å². The zero-order valence-corrected chi connectivity index (χ0v) is 17.9. The van der Waals surface area contributed by atoms with Gasteiger partial charge in [0.1, 0.15) is 0 Å². The molecule has 0 fully saturated rings. The zero-order chi connectivity index (χ0) is 20.4. The van der Waals surface area contributed by atoms with Gasteiger partial charge in [-0.05, 0) is 36.8 Å². The molecule has 9 heteroatoms. The zero-order valence-electron chi connectivity index (χ0n) is 15.6. The number of ether oxygens (including phenoxy) is 3. The van der Waals surface area contributed by atoms with E-state index in [2.05, 4.69) is 4.99 Å². The fourth-order valence-electron chi connectivity index (χ4n) is 3.08. The molecule has 6 nitrogen and oxygen atoms in total. The van der Waals surface area contributed by atoms with Gasteiger partial charge in [-0.15, -0.1) is 0 Å². The summed E-state index contributed by atoms with van der Waals surface area (Å²) in [6.45, 7) is 3.73. The standard InChI is InChI=1S/C20H18Cl2N2O4S/c1-2-26-8-7-24-18-13(21)4-5-14(22)19(18)29-20(24)23-17(25)10-12-3-6-15-16(9-12)28-11-27-15/h3-6,9H,2,7-8,10-11H2,1H3. The van der Waals surface area contributed by atoms with Gasteiger partial charge >= 0.3 is 0 Å². The molecule has 0 unspecified atom stereocenters. The molecule has 2 heterocycles. The van der Waals surface area contributed by atoms with Gasteiger partial charge in [-0.2, -0.15) is 4.99 Å². The number of aromatic nitrogens is 1. The summed E-state index contributed by atoms with van der Waals surface area (Å²) in [6, 6.07) is 8.93. The van der Waals surface area contributed by atoms with Gasteiger partial charge in [0.2, 0.25) is 6.79 Å². The number of thiazole rings is 1. The molecule has 0 N–H and O–H groups in total. The Morgan fingerprint density at radius 2 is 2.00 bits per heavy atom. The molecule has 1 amide bonds. The summed E-state index contributed by atoms with van der Waals surface area (Å²) in [6.07, 6.45) is 0.151. The molecule has 152 valence electrons. The van der Waals surface area contributed by atoms with E-state index in [1.807, 2.05) is 17.6 Å². The molecule has 0 bridgehead atoms. The van der Waals surface area contributed by atoms with Gasteiger partial charge in [-0.1, -0.05) is 40.6 Å². The Balaban J connectivity index is 1.68. The van der Waals surface area contributed by atoms with Crippen LogP contribution in [-0.2, 0) is 22.5 Å². The molecule has 4 rings (SSSR count). The molecule has 2 aromatic carbocycles. The van der Waals surface area contributed by atoms with E-state index < -0.39 is 0 Å². The van der Waals surface area contributed by atoms with E-state index in [1.165, 1.54) is 11.3 Å². The van der Waals surface area contributed by atoms with Crippen LogP contribution in [0.15, 0.2) is 35.3 Å². The van der Waals surface area contributed by atoms with E-state index in [9.17, 15) is 4.79 Å². The smallest absolute Gasteiger partial charge is 0.252 e. The van der Waals surface area contributed by atoms with Crippen molar-refractivity contribution in [2.45, 2.75) is 19.9 Å². The summed E-state index contributed by atoms with van der Waals surface area (Å²) < 4.78 is 18.8. The van der Waals surface area contributed by atoms with Gasteiger partial charge in [0.15, 0.2) is 16.3 Å². The third-order valence-corrected chi connectivity index (χ3v) is 6.25. The van der Waals surface area contributed by atoms with Crippen molar-refractivity contribution in [3.8, 4) is 11.5 Å². The summed E-state index contributed by atoms with van der Waals surface area (Å²) in [5.74, 6) is 1.05. The quantitative estimate of drug-likeness (QED) is 0.518. The van der Waals surface area contributed by atoms with Crippen LogP contribution in [0.2, 0.25) is 10.0 Å². The van der Waals surface area contributed by atoms with E-state index in [0.29, 0.717) is 46.1 Å². The van der Waals surface area contributed by atoms with Crippen molar-refractivity contribution in [2.75, 3.05) is 20.0 Å². The number of rotatable bonds is 6. The second-order valence-electron chi connectivity index (χ2n) is 6.31. The Morgan fingerprint density at radius 3 is 2.83 bits per heavy atom. The lowest BCUT2D eigenvalue weighted by molar-refractivity contribution is -0.117. The maximum Gasteiger partial charge on any atom is 0.252 e. The lowest BCUT2D eigenvalue weighted by Gasteiger charge is -2.07. The number of carbonyl (C=O) groups is 1. The van der Waals surface area contributed by atoms with Crippen LogP contribution in [0, 0.1) is 0 Å². The van der Waals surface area contributed by atoms with Crippen LogP contribution in [0.3, 0.4) is 0 Å². The fourth-order valence-corrected chi connectivity index (χ4v) is 4.76. The third kappa shape index (κ3) is 4.28. The predicted octanol–water partition coefficient (Wildman–Crippen LogP) is 4.44. The molecule has 0 aliphatic carbocycles. The first-order valence-corrected chi connectivity index (χ1v) is 10.6. The fraction of sp³-hybridized carbons (Fsp3) is 0.300. The van der Waals surface area contributed by atoms with Crippen molar-refractivity contribution in [3.05, 3.63) is 50.7 Å². The Morgan fingerprint density at radius 1 is 1.21 bits per heavy atom. The van der Waals surface area contributed by atoms with E-state index >= 15 is 0 Å². The predicted molar refractivity (Wildman–Crippen MR) is 113 cm³/mol. The second-order valence-corrected chi connectivity index (χ2v) is 8.10. The SMILES string of the molecule is CCOCCn1c(=NC(=O)Cc2ccc3c(c2)OCO3)sc2c(Cl)ccc(Cl)c21. The van der Waals surface area contributed by atoms with Gasteiger partial charge in [0, 0.05) is 13.2 Å². The van der Waals surface area contributed by atoms with Gasteiger partial charge in [0.05, 0.1) is 33.3 Å². The normalized spacial score (nSPS) is 13.4. The Hall–Kier alpha value is -2.06. The highest BCUT2D eigenvalue weighted by molar-refractivity contribution is 7.17. The molecule has 1 aliphatic rings. The van der Waals surface area contributed by atoms with Gasteiger partial charge in [0.25, 0.3) is 5.91 Å². The molecule has 0 radical (unpaired) electrons. The van der Waals surface area contributed by atoms with Gasteiger partial charge in [-0.25, -0.2) is 0 Å². The van der Waals surface area contributed by atoms with E-state index in [0.717, 1.165) is 15.8 Å². The van der Waals surface area contributed by atoms with Crippen molar-refractivity contribution in [2.24, 2.45) is 4.99 Å². The number of hydrogen-bond donors (Lipinski definition) is 0. The van der Waals surface area contributed by atoms with E-state index in [4.69, 9.17) is 37.4 Å². The van der Waals surface area contributed by atoms with Crippen LogP contribution >= 0.6 is 34.5 Å².